The van der Waals surface area contributed by atoms with Crippen molar-refractivity contribution >= 4 is 5.96 Å². The van der Waals surface area contributed by atoms with E-state index in [0.29, 0.717) is 12.6 Å². The van der Waals surface area contributed by atoms with E-state index in [1.807, 2.05) is 18.5 Å². The van der Waals surface area contributed by atoms with E-state index in [-0.39, 0.29) is 0 Å². The molecule has 2 heterocycles. The molecule has 0 bridgehead atoms. The Morgan fingerprint density at radius 2 is 1.77 bits per heavy atom. The molecule has 0 spiro atoms. The van der Waals surface area contributed by atoms with Crippen LogP contribution in [0.3, 0.4) is 0 Å². The largest absolute Gasteiger partial charge is 0.356 e. The van der Waals surface area contributed by atoms with Crippen molar-refractivity contribution in [1.82, 2.24) is 30.3 Å². The van der Waals surface area contributed by atoms with Gasteiger partial charge in [0.15, 0.2) is 11.8 Å². The predicted octanol–water partition coefficient (Wildman–Crippen LogP) is 3.78. The minimum absolute atomic E-state index is 0.548. The standard InChI is InChI=1S/C23H45N7/c1-5-7-8-9-10-11-12-13-16-24-23(25-18-21-15-14-17-30(21)6-2)26-19-22-28-27-20(3)29(22)4/h21H,5-19H2,1-4H3,(H2,24,25,26). The van der Waals surface area contributed by atoms with Gasteiger partial charge in [-0.15, -0.1) is 10.2 Å². The Morgan fingerprint density at radius 1 is 1.03 bits per heavy atom. The molecule has 1 aliphatic rings. The molecule has 1 aromatic rings. The van der Waals surface area contributed by atoms with Gasteiger partial charge in [0.1, 0.15) is 12.4 Å². The van der Waals surface area contributed by atoms with Gasteiger partial charge in [0, 0.05) is 26.2 Å². The van der Waals surface area contributed by atoms with E-state index in [4.69, 9.17) is 4.99 Å². The number of nitrogens with zero attached hydrogens (tertiary/aromatic N) is 5. The van der Waals surface area contributed by atoms with E-state index in [1.165, 1.54) is 70.8 Å². The van der Waals surface area contributed by atoms with Crippen LogP contribution in [0.1, 0.15) is 89.7 Å². The number of rotatable bonds is 14. The van der Waals surface area contributed by atoms with Crippen LogP contribution in [0.4, 0.5) is 0 Å². The molecule has 1 atom stereocenters. The lowest BCUT2D eigenvalue weighted by molar-refractivity contribution is 0.267. The summed E-state index contributed by atoms with van der Waals surface area (Å²) in [5.41, 5.74) is 0. The Labute approximate surface area is 184 Å². The maximum atomic E-state index is 4.80. The number of aliphatic imine (C=N–C) groups is 1. The average molecular weight is 420 g/mol. The molecule has 1 saturated heterocycles. The van der Waals surface area contributed by atoms with Gasteiger partial charge in [0.25, 0.3) is 0 Å². The highest BCUT2D eigenvalue weighted by Gasteiger charge is 2.22. The van der Waals surface area contributed by atoms with Crippen LogP contribution in [-0.4, -0.2) is 57.8 Å². The second kappa shape index (κ2) is 14.4. The fourth-order valence-electron chi connectivity index (χ4n) is 4.14. The van der Waals surface area contributed by atoms with E-state index in [0.717, 1.165) is 37.2 Å². The number of hydrogen-bond donors (Lipinski definition) is 2. The van der Waals surface area contributed by atoms with Crippen LogP contribution in [0, 0.1) is 6.92 Å². The molecule has 1 unspecified atom stereocenters. The number of nitrogens with one attached hydrogen (secondary N) is 2. The van der Waals surface area contributed by atoms with Crippen LogP contribution < -0.4 is 10.6 Å². The number of likely N-dealkylation sites (N-methyl/N-ethyl adjacent to an activating group) is 1. The zero-order valence-corrected chi connectivity index (χ0v) is 19.9. The second-order valence-electron chi connectivity index (χ2n) is 8.59. The molecular weight excluding hydrogens is 374 g/mol. The zero-order chi connectivity index (χ0) is 21.6. The lowest BCUT2D eigenvalue weighted by Gasteiger charge is -2.24. The molecule has 1 aromatic heterocycles. The van der Waals surface area contributed by atoms with Gasteiger partial charge < -0.3 is 15.2 Å². The Balaban J connectivity index is 1.77. The van der Waals surface area contributed by atoms with Gasteiger partial charge in [-0.1, -0.05) is 58.8 Å². The molecule has 0 aromatic carbocycles. The zero-order valence-electron chi connectivity index (χ0n) is 19.9. The molecule has 7 heteroatoms. The Kier molecular flexibility index (Phi) is 11.8. The molecule has 1 fully saturated rings. The van der Waals surface area contributed by atoms with Gasteiger partial charge in [-0.05, 0) is 39.3 Å². The summed E-state index contributed by atoms with van der Waals surface area (Å²) < 4.78 is 2.01. The number of likely N-dealkylation sites (tertiary alicyclic amines) is 1. The van der Waals surface area contributed by atoms with Gasteiger partial charge >= 0.3 is 0 Å². The Hall–Kier alpha value is -1.63. The lowest BCUT2D eigenvalue weighted by atomic mass is 10.1. The molecule has 1 aliphatic heterocycles. The van der Waals surface area contributed by atoms with E-state index in [9.17, 15) is 0 Å². The number of aromatic nitrogens is 3. The van der Waals surface area contributed by atoms with Crippen molar-refractivity contribution in [2.45, 2.75) is 97.6 Å². The van der Waals surface area contributed by atoms with Crippen molar-refractivity contribution in [2.24, 2.45) is 12.0 Å². The molecule has 2 N–H and O–H groups in total. The maximum absolute atomic E-state index is 4.80. The minimum Gasteiger partial charge on any atom is -0.356 e. The third kappa shape index (κ3) is 8.62. The first-order valence-corrected chi connectivity index (χ1v) is 12.3. The summed E-state index contributed by atoms with van der Waals surface area (Å²) >= 11 is 0. The number of unbranched alkanes of at least 4 members (excludes halogenated alkanes) is 7. The van der Waals surface area contributed by atoms with E-state index >= 15 is 0 Å². The SMILES string of the molecule is CCCCCCCCCCNC(=NCc1nnc(C)n1C)NCC1CCCN1CC. The Morgan fingerprint density at radius 3 is 2.43 bits per heavy atom. The second-order valence-corrected chi connectivity index (χ2v) is 8.59. The van der Waals surface area contributed by atoms with Crippen molar-refractivity contribution in [3.05, 3.63) is 11.6 Å². The molecule has 30 heavy (non-hydrogen) atoms. The van der Waals surface area contributed by atoms with Crippen LogP contribution in [0.15, 0.2) is 4.99 Å². The van der Waals surface area contributed by atoms with Gasteiger partial charge in [-0.2, -0.15) is 0 Å². The number of aryl methyl sites for hydroxylation is 1. The minimum atomic E-state index is 0.548. The number of guanidine groups is 1. The third-order valence-corrected chi connectivity index (χ3v) is 6.29. The van der Waals surface area contributed by atoms with Gasteiger partial charge in [0.2, 0.25) is 0 Å². The topological polar surface area (TPSA) is 70.4 Å². The Bertz CT molecular complexity index is 611. The summed E-state index contributed by atoms with van der Waals surface area (Å²) in [6.07, 6.45) is 13.3. The molecule has 2 rings (SSSR count). The molecule has 0 radical (unpaired) electrons. The molecule has 0 aliphatic carbocycles. The van der Waals surface area contributed by atoms with Crippen molar-refractivity contribution < 1.29 is 0 Å². The van der Waals surface area contributed by atoms with Gasteiger partial charge in [-0.3, -0.25) is 4.90 Å². The monoisotopic (exact) mass is 419 g/mol. The van der Waals surface area contributed by atoms with Crippen molar-refractivity contribution in [3.8, 4) is 0 Å². The van der Waals surface area contributed by atoms with Crippen molar-refractivity contribution in [1.29, 1.82) is 0 Å². The van der Waals surface area contributed by atoms with Crippen LogP contribution >= 0.6 is 0 Å². The van der Waals surface area contributed by atoms with Crippen LogP contribution in [0.25, 0.3) is 0 Å². The van der Waals surface area contributed by atoms with Gasteiger partial charge in [0.05, 0.1) is 0 Å². The fraction of sp³-hybridized carbons (Fsp3) is 0.870. The van der Waals surface area contributed by atoms with Crippen LogP contribution in [0.5, 0.6) is 0 Å². The van der Waals surface area contributed by atoms with E-state index in [2.05, 4.69) is 39.6 Å². The first kappa shape index (κ1) is 24.6. The smallest absolute Gasteiger partial charge is 0.191 e. The third-order valence-electron chi connectivity index (χ3n) is 6.29. The predicted molar refractivity (Wildman–Crippen MR) is 126 cm³/mol. The fourth-order valence-corrected chi connectivity index (χ4v) is 4.14. The summed E-state index contributed by atoms with van der Waals surface area (Å²) in [7, 11) is 2.00. The van der Waals surface area contributed by atoms with Crippen LogP contribution in [-0.2, 0) is 13.6 Å². The van der Waals surface area contributed by atoms with E-state index in [1.54, 1.807) is 0 Å². The quantitative estimate of drug-likeness (QED) is 0.273. The molecule has 0 saturated carbocycles. The highest BCUT2D eigenvalue weighted by atomic mass is 15.3. The van der Waals surface area contributed by atoms with Crippen molar-refractivity contribution in [2.75, 3.05) is 26.2 Å². The molecular formula is C23H45N7. The summed E-state index contributed by atoms with van der Waals surface area (Å²) in [4.78, 5) is 7.36. The highest BCUT2D eigenvalue weighted by molar-refractivity contribution is 5.79. The lowest BCUT2D eigenvalue weighted by Crippen LogP contribution is -2.45. The summed E-state index contributed by atoms with van der Waals surface area (Å²) in [5, 5.41) is 15.5. The summed E-state index contributed by atoms with van der Waals surface area (Å²) in [5.74, 6) is 2.73. The maximum Gasteiger partial charge on any atom is 0.191 e. The molecule has 7 nitrogen and oxygen atoms in total. The molecule has 172 valence electrons. The number of hydrogen-bond acceptors (Lipinski definition) is 4. The highest BCUT2D eigenvalue weighted by Crippen LogP contribution is 2.15. The normalized spacial score (nSPS) is 17.6. The summed E-state index contributed by atoms with van der Waals surface area (Å²) in [6.45, 7) is 11.3. The van der Waals surface area contributed by atoms with Crippen molar-refractivity contribution in [3.63, 3.8) is 0 Å². The first-order valence-electron chi connectivity index (χ1n) is 12.3. The van der Waals surface area contributed by atoms with E-state index < -0.39 is 0 Å². The average Bonchev–Trinajstić information content (AvgIpc) is 3.34. The summed E-state index contributed by atoms with van der Waals surface area (Å²) in [6, 6.07) is 0.613. The van der Waals surface area contributed by atoms with Gasteiger partial charge in [-0.25, -0.2) is 4.99 Å². The first-order chi connectivity index (χ1) is 14.7. The molecule has 0 amide bonds. The van der Waals surface area contributed by atoms with Crippen LogP contribution in [0.2, 0.25) is 0 Å².